The van der Waals surface area contributed by atoms with Crippen LogP contribution in [0.5, 0.6) is 0 Å². The van der Waals surface area contributed by atoms with Gasteiger partial charge >= 0.3 is 0 Å². The molecule has 1 unspecified atom stereocenters. The molecule has 100 valence electrons. The quantitative estimate of drug-likeness (QED) is 0.865. The van der Waals surface area contributed by atoms with Crippen LogP contribution in [0.2, 0.25) is 0 Å². The molecule has 1 aliphatic carbocycles. The molecule has 1 aliphatic rings. The van der Waals surface area contributed by atoms with Crippen LogP contribution in [0.4, 0.5) is 0 Å². The maximum absolute atomic E-state index is 11.1. The molecular weight excluding hydrogens is 228 g/mol. The van der Waals surface area contributed by atoms with Crippen LogP contribution in [0.15, 0.2) is 0 Å². The van der Waals surface area contributed by atoms with E-state index in [0.29, 0.717) is 17.9 Å². The third kappa shape index (κ3) is 2.40. The summed E-state index contributed by atoms with van der Waals surface area (Å²) in [5.41, 5.74) is 7.20. The molecule has 1 atom stereocenters. The highest BCUT2D eigenvalue weighted by Gasteiger charge is 2.30. The highest BCUT2D eigenvalue weighted by Crippen LogP contribution is 2.39. The van der Waals surface area contributed by atoms with E-state index in [1.165, 1.54) is 19.3 Å². The van der Waals surface area contributed by atoms with Crippen molar-refractivity contribution >= 4 is 5.91 Å². The SMILES string of the molecule is CC(C)C(C)n1nnc(CC(N)=O)c1C1CCC1. The van der Waals surface area contributed by atoms with E-state index in [1.54, 1.807) is 0 Å². The molecule has 0 aliphatic heterocycles. The Bertz CT molecular complexity index is 434. The molecule has 18 heavy (non-hydrogen) atoms. The van der Waals surface area contributed by atoms with Gasteiger partial charge in [-0.05, 0) is 25.7 Å². The molecule has 0 bridgehead atoms. The molecule has 5 heteroatoms. The number of aromatic nitrogens is 3. The Morgan fingerprint density at radius 1 is 1.44 bits per heavy atom. The first-order valence-electron chi connectivity index (χ1n) is 6.73. The van der Waals surface area contributed by atoms with Gasteiger partial charge in [-0.25, -0.2) is 4.68 Å². The van der Waals surface area contributed by atoms with Crippen molar-refractivity contribution in [1.29, 1.82) is 0 Å². The van der Waals surface area contributed by atoms with E-state index in [-0.39, 0.29) is 12.3 Å². The summed E-state index contributed by atoms with van der Waals surface area (Å²) in [6.45, 7) is 6.49. The number of hydrogen-bond acceptors (Lipinski definition) is 3. The zero-order valence-electron chi connectivity index (χ0n) is 11.4. The van der Waals surface area contributed by atoms with Crippen LogP contribution >= 0.6 is 0 Å². The maximum Gasteiger partial charge on any atom is 0.223 e. The summed E-state index contributed by atoms with van der Waals surface area (Å²) in [6.07, 6.45) is 3.80. The van der Waals surface area contributed by atoms with E-state index in [9.17, 15) is 4.79 Å². The largest absolute Gasteiger partial charge is 0.369 e. The number of carbonyl (C=O) groups is 1. The third-order valence-corrected chi connectivity index (χ3v) is 3.99. The molecule has 0 saturated heterocycles. The first-order valence-corrected chi connectivity index (χ1v) is 6.73. The lowest BCUT2D eigenvalue weighted by molar-refractivity contribution is -0.117. The van der Waals surface area contributed by atoms with Crippen LogP contribution < -0.4 is 5.73 Å². The Morgan fingerprint density at radius 3 is 2.56 bits per heavy atom. The second-order valence-electron chi connectivity index (χ2n) is 5.62. The normalized spacial score (nSPS) is 17.8. The molecule has 1 aromatic rings. The van der Waals surface area contributed by atoms with Crippen LogP contribution in [-0.4, -0.2) is 20.9 Å². The fraction of sp³-hybridized carbons (Fsp3) is 0.769. The number of amides is 1. The zero-order valence-corrected chi connectivity index (χ0v) is 11.4. The van der Waals surface area contributed by atoms with Gasteiger partial charge in [0.05, 0.1) is 23.9 Å². The topological polar surface area (TPSA) is 73.8 Å². The van der Waals surface area contributed by atoms with E-state index >= 15 is 0 Å². The maximum atomic E-state index is 11.1. The average Bonchev–Trinajstić information content (AvgIpc) is 2.58. The van der Waals surface area contributed by atoms with Crippen molar-refractivity contribution in [1.82, 2.24) is 15.0 Å². The van der Waals surface area contributed by atoms with Crippen LogP contribution in [0.25, 0.3) is 0 Å². The van der Waals surface area contributed by atoms with Gasteiger partial charge in [0.1, 0.15) is 0 Å². The molecule has 1 aromatic heterocycles. The Kier molecular flexibility index (Phi) is 3.68. The van der Waals surface area contributed by atoms with Gasteiger partial charge in [0.15, 0.2) is 0 Å². The summed E-state index contributed by atoms with van der Waals surface area (Å²) >= 11 is 0. The van der Waals surface area contributed by atoms with Gasteiger partial charge in [0.2, 0.25) is 5.91 Å². The molecule has 1 saturated carbocycles. The van der Waals surface area contributed by atoms with Gasteiger partial charge in [-0.3, -0.25) is 4.79 Å². The monoisotopic (exact) mass is 250 g/mol. The fourth-order valence-electron chi connectivity index (χ4n) is 2.31. The van der Waals surface area contributed by atoms with Gasteiger partial charge in [-0.2, -0.15) is 0 Å². The lowest BCUT2D eigenvalue weighted by Crippen LogP contribution is -2.23. The lowest BCUT2D eigenvalue weighted by atomic mass is 9.81. The standard InChI is InChI=1S/C13H22N4O/c1-8(2)9(3)17-13(10-5-4-6-10)11(15-16-17)7-12(14)18/h8-10H,4-7H2,1-3H3,(H2,14,18). The molecular formula is C13H22N4O. The molecule has 0 radical (unpaired) electrons. The minimum absolute atomic E-state index is 0.205. The van der Waals surface area contributed by atoms with Crippen LogP contribution in [0, 0.1) is 5.92 Å². The Balaban J connectivity index is 2.34. The molecule has 5 nitrogen and oxygen atoms in total. The molecule has 2 rings (SSSR count). The van der Waals surface area contributed by atoms with Crippen molar-refractivity contribution in [3.05, 3.63) is 11.4 Å². The highest BCUT2D eigenvalue weighted by molar-refractivity contribution is 5.76. The fourth-order valence-corrected chi connectivity index (χ4v) is 2.31. The van der Waals surface area contributed by atoms with Crippen LogP contribution in [0.1, 0.15) is 63.4 Å². The van der Waals surface area contributed by atoms with Crippen molar-refractivity contribution < 1.29 is 4.79 Å². The zero-order chi connectivity index (χ0) is 13.3. The number of rotatable bonds is 5. The summed E-state index contributed by atoms with van der Waals surface area (Å²) in [5, 5.41) is 8.43. The van der Waals surface area contributed by atoms with E-state index in [4.69, 9.17) is 5.73 Å². The molecule has 1 amide bonds. The Labute approximate surface area is 108 Å². The molecule has 0 spiro atoms. The number of carbonyl (C=O) groups excluding carboxylic acids is 1. The third-order valence-electron chi connectivity index (χ3n) is 3.99. The summed E-state index contributed by atoms with van der Waals surface area (Å²) in [4.78, 5) is 11.1. The average molecular weight is 250 g/mol. The minimum Gasteiger partial charge on any atom is -0.369 e. The first-order chi connectivity index (χ1) is 8.50. The number of hydrogen-bond donors (Lipinski definition) is 1. The Morgan fingerprint density at radius 2 is 2.11 bits per heavy atom. The summed E-state index contributed by atoms with van der Waals surface area (Å²) in [5.74, 6) is 0.669. The van der Waals surface area contributed by atoms with Gasteiger partial charge in [-0.15, -0.1) is 5.10 Å². The van der Waals surface area contributed by atoms with Gasteiger partial charge < -0.3 is 5.73 Å². The highest BCUT2D eigenvalue weighted by atomic mass is 16.1. The smallest absolute Gasteiger partial charge is 0.223 e. The van der Waals surface area contributed by atoms with Crippen molar-refractivity contribution in [3.8, 4) is 0 Å². The van der Waals surface area contributed by atoms with Gasteiger partial charge in [-0.1, -0.05) is 25.5 Å². The number of nitrogens with two attached hydrogens (primary N) is 1. The van der Waals surface area contributed by atoms with Crippen molar-refractivity contribution in [2.45, 2.75) is 58.4 Å². The van der Waals surface area contributed by atoms with Crippen molar-refractivity contribution in [3.63, 3.8) is 0 Å². The first kappa shape index (κ1) is 13.1. The summed E-state index contributed by atoms with van der Waals surface area (Å²) in [7, 11) is 0. The molecule has 0 aromatic carbocycles. The van der Waals surface area contributed by atoms with Crippen molar-refractivity contribution in [2.24, 2.45) is 11.7 Å². The minimum atomic E-state index is -0.333. The number of nitrogens with zero attached hydrogens (tertiary/aromatic N) is 3. The van der Waals surface area contributed by atoms with Crippen LogP contribution in [0.3, 0.4) is 0 Å². The van der Waals surface area contributed by atoms with E-state index < -0.39 is 0 Å². The van der Waals surface area contributed by atoms with Crippen molar-refractivity contribution in [2.75, 3.05) is 0 Å². The van der Waals surface area contributed by atoms with E-state index in [0.717, 1.165) is 11.4 Å². The lowest BCUT2D eigenvalue weighted by Gasteiger charge is -2.29. The predicted molar refractivity (Wildman–Crippen MR) is 69.1 cm³/mol. The second kappa shape index (κ2) is 5.08. The predicted octanol–water partition coefficient (Wildman–Crippen LogP) is 1.79. The Hall–Kier alpha value is -1.39. The molecule has 1 fully saturated rings. The second-order valence-corrected chi connectivity index (χ2v) is 5.62. The summed E-state index contributed by atoms with van der Waals surface area (Å²) in [6, 6.07) is 0.301. The number of primary amides is 1. The van der Waals surface area contributed by atoms with E-state index in [2.05, 4.69) is 31.1 Å². The van der Waals surface area contributed by atoms with Gasteiger partial charge in [0, 0.05) is 5.92 Å². The molecule has 1 heterocycles. The summed E-state index contributed by atoms with van der Waals surface area (Å²) < 4.78 is 2.01. The molecule has 2 N–H and O–H groups in total. The van der Waals surface area contributed by atoms with E-state index in [1.807, 2.05) is 4.68 Å². The van der Waals surface area contributed by atoms with Crippen LogP contribution in [-0.2, 0) is 11.2 Å². The van der Waals surface area contributed by atoms with Gasteiger partial charge in [0.25, 0.3) is 0 Å².